The Kier molecular flexibility index (Phi) is 64.2. The molecule has 454 valence electrons. The van der Waals surface area contributed by atoms with Crippen molar-refractivity contribution < 1.29 is 28.6 Å². The zero-order chi connectivity index (χ0) is 56.4. The molecule has 0 aromatic heterocycles. The first-order chi connectivity index (χ1) is 38.5. The first kappa shape index (κ1) is 75.1. The van der Waals surface area contributed by atoms with Crippen LogP contribution in [0.1, 0.15) is 361 Å². The molecule has 0 aromatic rings. The fraction of sp³-hybridized carbons (Fsp3) is 0.819. The van der Waals surface area contributed by atoms with E-state index >= 15 is 0 Å². The summed E-state index contributed by atoms with van der Waals surface area (Å²) < 4.78 is 16.9. The number of hydrogen-bond acceptors (Lipinski definition) is 6. The Balaban J connectivity index is 4.12. The van der Waals surface area contributed by atoms with Gasteiger partial charge in [0.2, 0.25) is 0 Å². The fourth-order valence-electron chi connectivity index (χ4n) is 10.1. The Morgan fingerprint density at radius 2 is 0.500 bits per heavy atom. The maximum atomic E-state index is 12.9. The lowest BCUT2D eigenvalue weighted by Gasteiger charge is -2.18. The Morgan fingerprint density at radius 3 is 0.795 bits per heavy atom. The molecular weight excluding hydrogens is 961 g/mol. The summed E-state index contributed by atoms with van der Waals surface area (Å²) in [4.78, 5) is 38.3. The molecule has 78 heavy (non-hydrogen) atoms. The number of ether oxygens (including phenoxy) is 3. The van der Waals surface area contributed by atoms with Crippen LogP contribution in [0.2, 0.25) is 0 Å². The monoisotopic (exact) mass is 1090 g/mol. The fourth-order valence-corrected chi connectivity index (χ4v) is 10.1. The van der Waals surface area contributed by atoms with E-state index in [1.165, 1.54) is 225 Å². The Labute approximate surface area is 485 Å². The first-order valence-electron chi connectivity index (χ1n) is 34.3. The maximum absolute atomic E-state index is 12.9. The number of esters is 3. The predicted octanol–water partition coefficient (Wildman–Crippen LogP) is 23.5. The molecule has 1 atom stereocenters. The number of hydrogen-bond donors (Lipinski definition) is 0. The van der Waals surface area contributed by atoms with Crippen molar-refractivity contribution >= 4 is 17.9 Å². The molecule has 0 saturated heterocycles. The molecule has 0 aromatic carbocycles. The molecule has 0 radical (unpaired) electrons. The van der Waals surface area contributed by atoms with Crippen LogP contribution in [0, 0.1) is 0 Å². The van der Waals surface area contributed by atoms with Gasteiger partial charge in [0.15, 0.2) is 6.10 Å². The number of unbranched alkanes of at least 4 members (excludes halogenated alkanes) is 42. The molecule has 0 aliphatic heterocycles. The van der Waals surface area contributed by atoms with Crippen molar-refractivity contribution in [3.8, 4) is 0 Å². The van der Waals surface area contributed by atoms with Crippen LogP contribution in [0.5, 0.6) is 0 Å². The largest absolute Gasteiger partial charge is 0.462 e. The van der Waals surface area contributed by atoms with Crippen molar-refractivity contribution in [2.45, 2.75) is 367 Å². The summed E-state index contributed by atoms with van der Waals surface area (Å²) in [6, 6.07) is 0. The summed E-state index contributed by atoms with van der Waals surface area (Å²) >= 11 is 0. The average Bonchev–Trinajstić information content (AvgIpc) is 3.44. The minimum atomic E-state index is -0.779. The van der Waals surface area contributed by atoms with Crippen LogP contribution in [0.25, 0.3) is 0 Å². The molecular formula is C72H130O6. The van der Waals surface area contributed by atoms with E-state index in [-0.39, 0.29) is 31.1 Å². The molecule has 0 amide bonds. The zero-order valence-electron chi connectivity index (χ0n) is 52.2. The van der Waals surface area contributed by atoms with E-state index in [0.29, 0.717) is 19.3 Å². The number of allylic oxidation sites excluding steroid dienone is 10. The van der Waals surface area contributed by atoms with E-state index < -0.39 is 6.10 Å². The summed E-state index contributed by atoms with van der Waals surface area (Å²) in [6.45, 7) is 6.55. The van der Waals surface area contributed by atoms with Gasteiger partial charge in [-0.05, 0) is 83.5 Å². The highest BCUT2D eigenvalue weighted by Crippen LogP contribution is 2.18. The van der Waals surface area contributed by atoms with Crippen LogP contribution < -0.4 is 0 Å². The van der Waals surface area contributed by atoms with Gasteiger partial charge >= 0.3 is 17.9 Å². The summed E-state index contributed by atoms with van der Waals surface area (Å²) in [5, 5.41) is 0. The maximum Gasteiger partial charge on any atom is 0.306 e. The van der Waals surface area contributed by atoms with Gasteiger partial charge in [0.25, 0.3) is 0 Å². The second-order valence-electron chi connectivity index (χ2n) is 23.1. The van der Waals surface area contributed by atoms with Crippen molar-refractivity contribution in [1.29, 1.82) is 0 Å². The summed E-state index contributed by atoms with van der Waals surface area (Å²) in [5.41, 5.74) is 0. The molecule has 0 heterocycles. The van der Waals surface area contributed by atoms with Crippen molar-refractivity contribution in [3.05, 3.63) is 60.8 Å². The van der Waals surface area contributed by atoms with Gasteiger partial charge in [0.05, 0.1) is 0 Å². The molecule has 0 aliphatic carbocycles. The molecule has 0 spiro atoms. The summed E-state index contributed by atoms with van der Waals surface area (Å²) in [6.07, 6.45) is 85.5. The molecule has 0 bridgehead atoms. The minimum Gasteiger partial charge on any atom is -0.462 e. The van der Waals surface area contributed by atoms with Gasteiger partial charge in [-0.1, -0.05) is 319 Å². The van der Waals surface area contributed by atoms with Gasteiger partial charge in [0, 0.05) is 19.3 Å². The molecule has 1 unspecified atom stereocenters. The standard InChI is InChI=1S/C72H130O6/c1-4-7-10-13-16-19-22-24-26-28-30-31-32-33-34-35-36-37-38-39-40-41-43-44-46-48-50-53-56-59-62-65-71(74)77-68-69(67-76-70(73)64-61-58-55-52-21-18-15-12-9-6-3)78-72(75)66-63-60-57-54-51-49-47-45-42-29-27-25-23-20-17-14-11-8-5-2/h8,11,17,20,25,27-28,30,42,45,69H,4-7,9-10,12-16,18-19,21-24,26,29,31-41,43-44,46-68H2,1-3H3/b11-8-,20-17-,27-25-,30-28-,45-42-. The highest BCUT2D eigenvalue weighted by atomic mass is 16.6. The first-order valence-corrected chi connectivity index (χ1v) is 34.3. The van der Waals surface area contributed by atoms with Gasteiger partial charge in [0.1, 0.15) is 13.2 Å². The van der Waals surface area contributed by atoms with E-state index in [9.17, 15) is 14.4 Å². The van der Waals surface area contributed by atoms with Crippen LogP contribution in [0.3, 0.4) is 0 Å². The van der Waals surface area contributed by atoms with Gasteiger partial charge in [-0.2, -0.15) is 0 Å². The quantitative estimate of drug-likeness (QED) is 0.0261. The topological polar surface area (TPSA) is 78.9 Å². The van der Waals surface area contributed by atoms with Crippen LogP contribution in [-0.2, 0) is 28.6 Å². The highest BCUT2D eigenvalue weighted by Gasteiger charge is 2.19. The average molecular weight is 1090 g/mol. The van der Waals surface area contributed by atoms with Gasteiger partial charge in [-0.15, -0.1) is 0 Å². The number of carbonyl (C=O) groups is 3. The third kappa shape index (κ3) is 63.9. The smallest absolute Gasteiger partial charge is 0.306 e. The second kappa shape index (κ2) is 66.6. The van der Waals surface area contributed by atoms with E-state index in [4.69, 9.17) is 14.2 Å². The Morgan fingerprint density at radius 1 is 0.269 bits per heavy atom. The van der Waals surface area contributed by atoms with Crippen molar-refractivity contribution in [2.75, 3.05) is 13.2 Å². The van der Waals surface area contributed by atoms with Gasteiger partial charge < -0.3 is 14.2 Å². The predicted molar refractivity (Wildman–Crippen MR) is 339 cm³/mol. The number of rotatable bonds is 63. The molecule has 0 rings (SSSR count). The van der Waals surface area contributed by atoms with Crippen LogP contribution in [-0.4, -0.2) is 37.2 Å². The van der Waals surface area contributed by atoms with Gasteiger partial charge in [-0.3, -0.25) is 14.4 Å². The Hall–Kier alpha value is -2.89. The molecule has 0 saturated carbocycles. The van der Waals surface area contributed by atoms with E-state index in [2.05, 4.69) is 81.5 Å². The molecule has 6 heteroatoms. The lowest BCUT2D eigenvalue weighted by atomic mass is 10.0. The minimum absolute atomic E-state index is 0.0759. The Bertz CT molecular complexity index is 1390. The van der Waals surface area contributed by atoms with Crippen LogP contribution >= 0.6 is 0 Å². The highest BCUT2D eigenvalue weighted by molar-refractivity contribution is 5.71. The van der Waals surface area contributed by atoms with Crippen molar-refractivity contribution in [2.24, 2.45) is 0 Å². The summed E-state index contributed by atoms with van der Waals surface area (Å²) in [7, 11) is 0. The van der Waals surface area contributed by atoms with Crippen LogP contribution in [0.15, 0.2) is 60.8 Å². The summed E-state index contributed by atoms with van der Waals surface area (Å²) in [5.74, 6) is -0.872. The lowest BCUT2D eigenvalue weighted by Crippen LogP contribution is -2.30. The van der Waals surface area contributed by atoms with Crippen molar-refractivity contribution in [1.82, 2.24) is 0 Å². The van der Waals surface area contributed by atoms with Crippen LogP contribution in [0.4, 0.5) is 0 Å². The third-order valence-electron chi connectivity index (χ3n) is 15.3. The van der Waals surface area contributed by atoms with E-state index in [0.717, 1.165) is 96.3 Å². The number of carbonyl (C=O) groups excluding carboxylic acids is 3. The molecule has 0 aliphatic rings. The third-order valence-corrected chi connectivity index (χ3v) is 15.3. The normalized spacial score (nSPS) is 12.4. The van der Waals surface area contributed by atoms with E-state index in [1.807, 2.05) is 0 Å². The molecule has 6 nitrogen and oxygen atoms in total. The van der Waals surface area contributed by atoms with Gasteiger partial charge in [-0.25, -0.2) is 0 Å². The zero-order valence-corrected chi connectivity index (χ0v) is 52.2. The second-order valence-corrected chi connectivity index (χ2v) is 23.1. The van der Waals surface area contributed by atoms with Crippen molar-refractivity contribution in [3.63, 3.8) is 0 Å². The molecule has 0 N–H and O–H groups in total. The SMILES string of the molecule is CC/C=C\C/C=C\C/C=C\C/C=C\CCCCCCCCC(=O)OC(COC(=O)CCCCCCCCCCCC)COC(=O)CCCCCCCCCCCCCCCCCCCCC/C=C\CCCCCCCCCC. The lowest BCUT2D eigenvalue weighted by molar-refractivity contribution is -0.167. The molecule has 0 fully saturated rings. The van der Waals surface area contributed by atoms with E-state index in [1.54, 1.807) is 0 Å².